The molecule has 1 unspecified atom stereocenters. The van der Waals surface area contributed by atoms with Crippen molar-refractivity contribution in [3.63, 3.8) is 0 Å². The molecule has 1 aliphatic heterocycles. The lowest BCUT2D eigenvalue weighted by atomic mass is 9.97. The first-order chi connectivity index (χ1) is 19.2. The number of anilines is 4. The van der Waals surface area contributed by atoms with Crippen molar-refractivity contribution in [3.8, 4) is 0 Å². The molecular weight excluding hydrogens is 583 g/mol. The predicted molar refractivity (Wildman–Crippen MR) is 154 cm³/mol. The summed E-state index contributed by atoms with van der Waals surface area (Å²) in [6.45, 7) is 0. The average Bonchev–Trinajstić information content (AvgIpc) is 3.14. The van der Waals surface area contributed by atoms with Crippen molar-refractivity contribution in [2.24, 2.45) is 4.99 Å². The van der Waals surface area contributed by atoms with Crippen LogP contribution in [0.25, 0.3) is 10.9 Å². The summed E-state index contributed by atoms with van der Waals surface area (Å²) in [5.74, 6) is 0.810. The first-order valence-corrected chi connectivity index (χ1v) is 13.1. The van der Waals surface area contributed by atoms with E-state index in [4.69, 9.17) is 10.7 Å². The van der Waals surface area contributed by atoms with Crippen molar-refractivity contribution < 1.29 is 13.2 Å². The molecule has 0 fully saturated rings. The number of nitrogen functional groups attached to an aromatic ring is 1. The van der Waals surface area contributed by atoms with Gasteiger partial charge in [-0.3, -0.25) is 4.98 Å². The summed E-state index contributed by atoms with van der Waals surface area (Å²) >= 11 is 3.48. The monoisotopic (exact) mass is 603 g/mol. The molecule has 7 nitrogen and oxygen atoms in total. The highest BCUT2D eigenvalue weighted by Crippen LogP contribution is 2.38. The van der Waals surface area contributed by atoms with E-state index >= 15 is 0 Å². The van der Waals surface area contributed by atoms with Gasteiger partial charge >= 0.3 is 6.18 Å². The van der Waals surface area contributed by atoms with Crippen LogP contribution in [0.3, 0.4) is 0 Å². The fourth-order valence-corrected chi connectivity index (χ4v) is 4.91. The second-order valence-electron chi connectivity index (χ2n) is 9.26. The van der Waals surface area contributed by atoms with Crippen LogP contribution in [0.2, 0.25) is 0 Å². The minimum Gasteiger partial charge on any atom is -0.382 e. The van der Waals surface area contributed by atoms with Gasteiger partial charge in [0, 0.05) is 33.9 Å². The Morgan fingerprint density at radius 2 is 1.77 bits per heavy atom. The normalized spacial score (nSPS) is 15.1. The lowest BCUT2D eigenvalue weighted by Crippen LogP contribution is -2.15. The Morgan fingerprint density at radius 1 is 0.950 bits per heavy atom. The van der Waals surface area contributed by atoms with Gasteiger partial charge in [-0.1, -0.05) is 46.3 Å². The zero-order valence-corrected chi connectivity index (χ0v) is 22.3. The van der Waals surface area contributed by atoms with E-state index in [-0.39, 0.29) is 17.4 Å². The van der Waals surface area contributed by atoms with Crippen molar-refractivity contribution in [2.45, 2.75) is 18.6 Å². The maximum absolute atomic E-state index is 13.2. The number of fused-ring (bicyclic) bond motifs is 2. The molecule has 0 amide bonds. The summed E-state index contributed by atoms with van der Waals surface area (Å²) in [5, 5.41) is 7.40. The zero-order valence-electron chi connectivity index (χ0n) is 20.7. The number of aromatic nitrogens is 3. The maximum Gasteiger partial charge on any atom is 0.416 e. The Bertz CT molecular complexity index is 1750. The highest BCUT2D eigenvalue weighted by atomic mass is 79.9. The topological polar surface area (TPSA) is 101 Å². The van der Waals surface area contributed by atoms with Crippen molar-refractivity contribution in [1.82, 2.24) is 15.0 Å². The Balaban J connectivity index is 1.35. The number of nitrogens with two attached hydrogens (primary N) is 1. The number of hydrogen-bond acceptors (Lipinski definition) is 7. The van der Waals surface area contributed by atoms with Crippen LogP contribution >= 0.6 is 15.9 Å². The standard InChI is InChI=1S/C29H21BrF3N7/c30-19-7-4-16(5-8-19)23-14-24(40-28-26(39-23)27(34)36-15-37-28)17-2-1-3-20(12-17)38-22-10-11-35-25-13-18(29(31,32)33)6-9-21(22)25/h1-13,15,24H,14H2,(H,35,38)(H3,34,36,37,40). The fourth-order valence-electron chi connectivity index (χ4n) is 4.65. The van der Waals surface area contributed by atoms with Crippen LogP contribution in [0, 0.1) is 0 Å². The van der Waals surface area contributed by atoms with E-state index in [0.29, 0.717) is 29.0 Å². The fraction of sp³-hybridized carbons (Fsp3) is 0.103. The third-order valence-corrected chi connectivity index (χ3v) is 7.15. The van der Waals surface area contributed by atoms with Gasteiger partial charge in [-0.25, -0.2) is 15.0 Å². The van der Waals surface area contributed by atoms with Crippen molar-refractivity contribution in [3.05, 3.63) is 106 Å². The predicted octanol–water partition coefficient (Wildman–Crippen LogP) is 7.81. The molecule has 0 saturated heterocycles. The number of halogens is 4. The number of hydrogen-bond donors (Lipinski definition) is 3. The number of rotatable bonds is 4. The molecule has 0 saturated carbocycles. The zero-order chi connectivity index (χ0) is 27.9. The number of aliphatic imine (C=N–C) groups is 1. The third kappa shape index (κ3) is 5.20. The first kappa shape index (κ1) is 25.8. The molecule has 1 aliphatic rings. The smallest absolute Gasteiger partial charge is 0.382 e. The Labute approximate surface area is 235 Å². The maximum atomic E-state index is 13.2. The van der Waals surface area contributed by atoms with Crippen LogP contribution in [0.5, 0.6) is 0 Å². The van der Waals surface area contributed by atoms with Crippen LogP contribution in [-0.2, 0) is 6.18 Å². The third-order valence-electron chi connectivity index (χ3n) is 6.62. The molecule has 0 spiro atoms. The summed E-state index contributed by atoms with van der Waals surface area (Å²) < 4.78 is 40.6. The number of nitrogens with zero attached hydrogens (tertiary/aromatic N) is 4. The quantitative estimate of drug-likeness (QED) is 0.194. The molecule has 0 radical (unpaired) electrons. The summed E-state index contributed by atoms with van der Waals surface area (Å²) in [7, 11) is 0. The van der Waals surface area contributed by atoms with Crippen molar-refractivity contribution in [2.75, 3.05) is 16.4 Å². The van der Waals surface area contributed by atoms with E-state index in [1.165, 1.54) is 18.6 Å². The van der Waals surface area contributed by atoms with Gasteiger partial charge in [-0.2, -0.15) is 13.2 Å². The number of benzene rings is 3. The lowest BCUT2D eigenvalue weighted by Gasteiger charge is -2.20. The van der Waals surface area contributed by atoms with Gasteiger partial charge in [0.05, 0.1) is 22.8 Å². The summed E-state index contributed by atoms with van der Waals surface area (Å²) in [6, 6.07) is 20.8. The lowest BCUT2D eigenvalue weighted by molar-refractivity contribution is -0.137. The van der Waals surface area contributed by atoms with E-state index in [0.717, 1.165) is 39.1 Å². The van der Waals surface area contributed by atoms with Crippen molar-refractivity contribution >= 4 is 61.2 Å². The van der Waals surface area contributed by atoms with Gasteiger partial charge in [0.1, 0.15) is 12.0 Å². The highest BCUT2D eigenvalue weighted by molar-refractivity contribution is 9.10. The van der Waals surface area contributed by atoms with Gasteiger partial charge in [0.25, 0.3) is 0 Å². The van der Waals surface area contributed by atoms with Crippen molar-refractivity contribution in [1.29, 1.82) is 0 Å². The van der Waals surface area contributed by atoms with E-state index in [2.05, 4.69) is 41.5 Å². The molecule has 4 N–H and O–H groups in total. The Morgan fingerprint density at radius 3 is 2.58 bits per heavy atom. The highest BCUT2D eigenvalue weighted by Gasteiger charge is 2.30. The molecule has 3 heterocycles. The van der Waals surface area contributed by atoms with Gasteiger partial charge in [-0.15, -0.1) is 0 Å². The van der Waals surface area contributed by atoms with Gasteiger partial charge in [0.2, 0.25) is 0 Å². The Hall–Kier alpha value is -4.51. The minimum atomic E-state index is -4.44. The minimum absolute atomic E-state index is 0.205. The molecular formula is C29H21BrF3N7. The summed E-state index contributed by atoms with van der Waals surface area (Å²) in [5.41, 5.74) is 10.3. The average molecular weight is 604 g/mol. The molecule has 2 aromatic heterocycles. The van der Waals surface area contributed by atoms with Gasteiger partial charge < -0.3 is 16.4 Å². The summed E-state index contributed by atoms with van der Waals surface area (Å²) in [4.78, 5) is 17.5. The number of pyridine rings is 1. The largest absolute Gasteiger partial charge is 0.416 e. The van der Waals surface area contributed by atoms with Crippen LogP contribution < -0.4 is 16.4 Å². The molecule has 3 aromatic carbocycles. The van der Waals surface area contributed by atoms with Gasteiger partial charge in [0.15, 0.2) is 11.6 Å². The molecule has 1 atom stereocenters. The van der Waals surface area contributed by atoms with Crippen LogP contribution in [0.4, 0.5) is 41.9 Å². The van der Waals surface area contributed by atoms with Gasteiger partial charge in [-0.05, 0) is 53.6 Å². The molecule has 5 aromatic rings. The number of alkyl halides is 3. The SMILES string of the molecule is Nc1ncnc2c1N=C(c1ccc(Br)cc1)CC(c1cccc(Nc3ccnc4cc(C(F)(F)F)ccc34)c1)N2. The summed E-state index contributed by atoms with van der Waals surface area (Å²) in [6.07, 6.45) is -1.01. The van der Waals surface area contributed by atoms with E-state index in [1.54, 1.807) is 6.07 Å². The van der Waals surface area contributed by atoms with Crippen LogP contribution in [0.1, 0.15) is 29.2 Å². The molecule has 0 bridgehead atoms. The molecule has 40 heavy (non-hydrogen) atoms. The molecule has 200 valence electrons. The van der Waals surface area contributed by atoms with Crippen LogP contribution in [-0.4, -0.2) is 20.7 Å². The second-order valence-corrected chi connectivity index (χ2v) is 10.2. The second kappa shape index (κ2) is 10.2. The number of nitrogens with one attached hydrogen (secondary N) is 2. The first-order valence-electron chi connectivity index (χ1n) is 12.3. The Kier molecular flexibility index (Phi) is 6.59. The van der Waals surface area contributed by atoms with E-state index in [9.17, 15) is 13.2 Å². The molecule has 0 aliphatic carbocycles. The molecule has 11 heteroatoms. The van der Waals surface area contributed by atoms with E-state index in [1.807, 2.05) is 48.5 Å². The molecule has 6 rings (SSSR count). The van der Waals surface area contributed by atoms with Crippen LogP contribution in [0.15, 0.2) is 94.8 Å². The van der Waals surface area contributed by atoms with E-state index < -0.39 is 11.7 Å².